The molecule has 0 aliphatic rings. The minimum Gasteiger partial charge on any atom is -0.354 e. The lowest BCUT2D eigenvalue weighted by Gasteiger charge is -2.10. The van der Waals surface area contributed by atoms with Crippen molar-refractivity contribution in [2.45, 2.75) is 32.2 Å². The highest BCUT2D eigenvalue weighted by Crippen LogP contribution is 1.96. The smallest absolute Gasteiger partial charge is 0.236 e. The molecule has 1 aromatic rings. The van der Waals surface area contributed by atoms with E-state index in [0.29, 0.717) is 6.54 Å². The molecular weight excluding hydrogens is 238 g/mol. The summed E-state index contributed by atoms with van der Waals surface area (Å²) in [5.41, 5.74) is 6.80. The normalized spacial score (nSPS) is 11.4. The van der Waals surface area contributed by atoms with E-state index in [1.54, 1.807) is 12.4 Å². The summed E-state index contributed by atoms with van der Waals surface area (Å²) in [5.74, 6) is -0.0641. The molecule has 1 atom stereocenters. The van der Waals surface area contributed by atoms with Gasteiger partial charge >= 0.3 is 0 Å². The molecule has 0 aromatic carbocycles. The van der Waals surface area contributed by atoms with Gasteiger partial charge in [0.25, 0.3) is 0 Å². The van der Waals surface area contributed by atoms with E-state index in [0.717, 1.165) is 24.8 Å². The summed E-state index contributed by atoms with van der Waals surface area (Å²) in [4.78, 5) is 15.5. The molecule has 4 nitrogen and oxygen atoms in total. The molecule has 1 heterocycles. The molecule has 0 radical (unpaired) electrons. The topological polar surface area (TPSA) is 68.0 Å². The highest BCUT2D eigenvalue weighted by molar-refractivity contribution is 5.85. The summed E-state index contributed by atoms with van der Waals surface area (Å²) >= 11 is 0. The van der Waals surface area contributed by atoms with Crippen molar-refractivity contribution in [1.29, 1.82) is 0 Å². The van der Waals surface area contributed by atoms with E-state index in [1.165, 1.54) is 0 Å². The predicted octanol–water partition coefficient (Wildman–Crippen LogP) is 1.29. The molecule has 0 bridgehead atoms. The van der Waals surface area contributed by atoms with Crippen LogP contribution in [0.4, 0.5) is 0 Å². The van der Waals surface area contributed by atoms with Gasteiger partial charge in [-0.1, -0.05) is 19.4 Å². The number of rotatable bonds is 6. The number of halogens is 1. The van der Waals surface area contributed by atoms with Crippen molar-refractivity contribution in [3.05, 3.63) is 30.1 Å². The SMILES string of the molecule is CCCC(N)C(=O)NCCc1cccnc1.Cl. The lowest BCUT2D eigenvalue weighted by molar-refractivity contribution is -0.122. The Bertz CT molecular complexity index is 319. The number of nitrogens with two attached hydrogens (primary N) is 1. The highest BCUT2D eigenvalue weighted by atomic mass is 35.5. The third kappa shape index (κ3) is 6.24. The van der Waals surface area contributed by atoms with Crippen LogP contribution in [0.5, 0.6) is 0 Å². The number of hydrogen-bond donors (Lipinski definition) is 2. The van der Waals surface area contributed by atoms with E-state index in [-0.39, 0.29) is 24.4 Å². The van der Waals surface area contributed by atoms with Crippen molar-refractivity contribution in [1.82, 2.24) is 10.3 Å². The Kier molecular flexibility index (Phi) is 8.36. The molecule has 1 amide bonds. The van der Waals surface area contributed by atoms with Gasteiger partial charge in [0.2, 0.25) is 5.91 Å². The van der Waals surface area contributed by atoms with Crippen LogP contribution in [0.25, 0.3) is 0 Å². The monoisotopic (exact) mass is 257 g/mol. The molecule has 0 fully saturated rings. The number of amides is 1. The van der Waals surface area contributed by atoms with Crippen LogP contribution >= 0.6 is 12.4 Å². The predicted molar refractivity (Wildman–Crippen MR) is 71.1 cm³/mol. The molecule has 0 aliphatic heterocycles. The van der Waals surface area contributed by atoms with Gasteiger partial charge < -0.3 is 11.1 Å². The maximum Gasteiger partial charge on any atom is 0.236 e. The largest absolute Gasteiger partial charge is 0.354 e. The van der Waals surface area contributed by atoms with Crippen molar-refractivity contribution >= 4 is 18.3 Å². The maximum absolute atomic E-state index is 11.5. The average Bonchev–Trinajstić information content (AvgIpc) is 2.30. The summed E-state index contributed by atoms with van der Waals surface area (Å²) in [6.45, 7) is 2.63. The van der Waals surface area contributed by atoms with E-state index in [1.807, 2.05) is 19.1 Å². The summed E-state index contributed by atoms with van der Waals surface area (Å²) in [6.07, 6.45) is 5.99. The van der Waals surface area contributed by atoms with Crippen LogP contribution in [0.2, 0.25) is 0 Å². The summed E-state index contributed by atoms with van der Waals surface area (Å²) in [7, 11) is 0. The van der Waals surface area contributed by atoms with Crippen molar-refractivity contribution in [3.8, 4) is 0 Å². The first kappa shape index (κ1) is 15.9. The Balaban J connectivity index is 0.00000256. The molecule has 3 N–H and O–H groups in total. The first-order valence-electron chi connectivity index (χ1n) is 5.66. The van der Waals surface area contributed by atoms with Crippen LogP contribution in [-0.2, 0) is 11.2 Å². The molecule has 1 unspecified atom stereocenters. The van der Waals surface area contributed by atoms with E-state index < -0.39 is 0 Å². The minimum atomic E-state index is -0.376. The molecule has 1 aromatic heterocycles. The molecule has 17 heavy (non-hydrogen) atoms. The first-order valence-corrected chi connectivity index (χ1v) is 5.66. The number of carbonyl (C=O) groups is 1. The molecule has 1 rings (SSSR count). The van der Waals surface area contributed by atoms with Crippen molar-refractivity contribution < 1.29 is 4.79 Å². The zero-order chi connectivity index (χ0) is 11.8. The molecule has 0 saturated heterocycles. The summed E-state index contributed by atoms with van der Waals surface area (Å²) in [5, 5.41) is 2.82. The summed E-state index contributed by atoms with van der Waals surface area (Å²) < 4.78 is 0. The fourth-order valence-corrected chi connectivity index (χ4v) is 1.45. The highest BCUT2D eigenvalue weighted by Gasteiger charge is 2.10. The van der Waals surface area contributed by atoms with E-state index in [2.05, 4.69) is 10.3 Å². The van der Waals surface area contributed by atoms with Crippen LogP contribution < -0.4 is 11.1 Å². The van der Waals surface area contributed by atoms with Crippen LogP contribution in [0.3, 0.4) is 0 Å². The second-order valence-electron chi connectivity index (χ2n) is 3.80. The summed E-state index contributed by atoms with van der Waals surface area (Å²) in [6, 6.07) is 3.50. The van der Waals surface area contributed by atoms with Crippen LogP contribution in [-0.4, -0.2) is 23.5 Å². The molecule has 0 saturated carbocycles. The lowest BCUT2D eigenvalue weighted by atomic mass is 10.1. The number of aromatic nitrogens is 1. The fourth-order valence-electron chi connectivity index (χ4n) is 1.45. The molecule has 0 spiro atoms. The maximum atomic E-state index is 11.5. The molecule has 5 heteroatoms. The third-order valence-corrected chi connectivity index (χ3v) is 2.37. The van der Waals surface area contributed by atoms with Gasteiger partial charge in [0.1, 0.15) is 0 Å². The Labute approximate surface area is 108 Å². The van der Waals surface area contributed by atoms with Crippen LogP contribution in [0, 0.1) is 0 Å². The van der Waals surface area contributed by atoms with Crippen molar-refractivity contribution in [2.24, 2.45) is 5.73 Å². The standard InChI is InChI=1S/C12H19N3O.ClH/c1-2-4-11(13)12(16)15-8-6-10-5-3-7-14-9-10;/h3,5,7,9,11H,2,4,6,8,13H2,1H3,(H,15,16);1H. The second-order valence-corrected chi connectivity index (χ2v) is 3.80. The quantitative estimate of drug-likeness (QED) is 0.807. The van der Waals surface area contributed by atoms with Gasteiger partial charge in [0.15, 0.2) is 0 Å². The third-order valence-electron chi connectivity index (χ3n) is 2.37. The van der Waals surface area contributed by atoms with Crippen molar-refractivity contribution in [2.75, 3.05) is 6.54 Å². The van der Waals surface area contributed by atoms with Gasteiger partial charge in [0, 0.05) is 18.9 Å². The van der Waals surface area contributed by atoms with Gasteiger partial charge in [-0.15, -0.1) is 12.4 Å². The fraction of sp³-hybridized carbons (Fsp3) is 0.500. The van der Waals surface area contributed by atoms with Gasteiger partial charge in [-0.2, -0.15) is 0 Å². The Hall–Kier alpha value is -1.13. The van der Waals surface area contributed by atoms with Gasteiger partial charge in [-0.3, -0.25) is 9.78 Å². The number of carbonyl (C=O) groups excluding carboxylic acids is 1. The Morgan fingerprint density at radius 1 is 1.59 bits per heavy atom. The van der Waals surface area contributed by atoms with Gasteiger partial charge in [-0.25, -0.2) is 0 Å². The number of pyridine rings is 1. The Morgan fingerprint density at radius 3 is 2.94 bits per heavy atom. The van der Waals surface area contributed by atoms with E-state index in [4.69, 9.17) is 5.73 Å². The zero-order valence-electron chi connectivity index (χ0n) is 10.1. The Morgan fingerprint density at radius 2 is 2.35 bits per heavy atom. The number of nitrogens with zero attached hydrogens (tertiary/aromatic N) is 1. The van der Waals surface area contributed by atoms with Crippen molar-refractivity contribution in [3.63, 3.8) is 0 Å². The molecule has 96 valence electrons. The second kappa shape index (κ2) is 8.96. The first-order chi connectivity index (χ1) is 7.74. The van der Waals surface area contributed by atoms with Gasteiger partial charge in [-0.05, 0) is 24.5 Å². The number of hydrogen-bond acceptors (Lipinski definition) is 3. The number of nitrogens with one attached hydrogen (secondary N) is 1. The van der Waals surface area contributed by atoms with Crippen LogP contribution in [0.1, 0.15) is 25.3 Å². The van der Waals surface area contributed by atoms with E-state index >= 15 is 0 Å². The van der Waals surface area contributed by atoms with Gasteiger partial charge in [0.05, 0.1) is 6.04 Å². The lowest BCUT2D eigenvalue weighted by Crippen LogP contribution is -2.41. The van der Waals surface area contributed by atoms with E-state index in [9.17, 15) is 4.79 Å². The van der Waals surface area contributed by atoms with Crippen LogP contribution in [0.15, 0.2) is 24.5 Å². The minimum absolute atomic E-state index is 0. The zero-order valence-corrected chi connectivity index (χ0v) is 10.9. The average molecular weight is 258 g/mol. The molecule has 0 aliphatic carbocycles. The molecular formula is C12H20ClN3O.